The van der Waals surface area contributed by atoms with E-state index in [1.807, 2.05) is 24.3 Å². The molecule has 5 nitrogen and oxygen atoms in total. The van der Waals surface area contributed by atoms with Gasteiger partial charge in [0.05, 0.1) is 13.1 Å². The van der Waals surface area contributed by atoms with E-state index in [9.17, 15) is 14.4 Å². The summed E-state index contributed by atoms with van der Waals surface area (Å²) in [6.45, 7) is 6.92. The minimum Gasteiger partial charge on any atom is -0.459 e. The molecule has 0 bridgehead atoms. The molecule has 3 aromatic rings. The van der Waals surface area contributed by atoms with Crippen molar-refractivity contribution in [3.05, 3.63) is 107 Å². The maximum absolute atomic E-state index is 14.1. The number of esters is 1. The Kier molecular flexibility index (Phi) is 7.03. The normalized spacial score (nSPS) is 15.3. The predicted octanol–water partition coefficient (Wildman–Crippen LogP) is 3.26. The van der Waals surface area contributed by atoms with Crippen LogP contribution in [0.1, 0.15) is 51.6 Å². The van der Waals surface area contributed by atoms with E-state index < -0.39 is 17.3 Å². The SMILES string of the molecule is CC[NH+](CC)CCOC(=O)C(c1ccccc1)C1(c2ccccc2)C(=O)c2ccccc2C1=O. The maximum Gasteiger partial charge on any atom is 0.315 e. The second kappa shape index (κ2) is 10.1. The summed E-state index contributed by atoms with van der Waals surface area (Å²) in [5.74, 6) is -2.38. The third kappa shape index (κ3) is 3.97. The summed E-state index contributed by atoms with van der Waals surface area (Å²) >= 11 is 0. The summed E-state index contributed by atoms with van der Waals surface area (Å²) in [6, 6.07) is 24.8. The van der Waals surface area contributed by atoms with Gasteiger partial charge in [0.2, 0.25) is 0 Å². The lowest BCUT2D eigenvalue weighted by molar-refractivity contribution is -0.896. The summed E-state index contributed by atoms with van der Waals surface area (Å²) in [5.41, 5.74) is 0.0589. The lowest BCUT2D eigenvalue weighted by Crippen LogP contribution is -3.11. The van der Waals surface area contributed by atoms with Crippen molar-refractivity contribution in [2.45, 2.75) is 25.2 Å². The molecule has 0 saturated carbocycles. The molecule has 1 unspecified atom stereocenters. The molecule has 5 heteroatoms. The van der Waals surface area contributed by atoms with Crippen molar-refractivity contribution in [2.75, 3.05) is 26.2 Å². The Morgan fingerprint density at radius 1 is 0.794 bits per heavy atom. The van der Waals surface area contributed by atoms with Gasteiger partial charge in [0.25, 0.3) is 0 Å². The van der Waals surface area contributed by atoms with Crippen molar-refractivity contribution < 1.29 is 24.0 Å². The molecule has 0 amide bonds. The lowest BCUT2D eigenvalue weighted by atomic mass is 9.64. The van der Waals surface area contributed by atoms with Gasteiger partial charge in [-0.25, -0.2) is 0 Å². The van der Waals surface area contributed by atoms with Crippen LogP contribution < -0.4 is 4.90 Å². The maximum atomic E-state index is 14.1. The molecule has 34 heavy (non-hydrogen) atoms. The van der Waals surface area contributed by atoms with Gasteiger partial charge in [0.15, 0.2) is 11.6 Å². The molecule has 1 aliphatic rings. The highest BCUT2D eigenvalue weighted by molar-refractivity contribution is 6.35. The van der Waals surface area contributed by atoms with Crippen LogP contribution in [0.4, 0.5) is 0 Å². The number of fused-ring (bicyclic) bond motifs is 1. The average molecular weight is 457 g/mol. The van der Waals surface area contributed by atoms with Crippen LogP contribution in [0.2, 0.25) is 0 Å². The highest BCUT2D eigenvalue weighted by atomic mass is 16.5. The van der Waals surface area contributed by atoms with Crippen LogP contribution in [-0.2, 0) is 14.9 Å². The molecule has 3 aromatic carbocycles. The number of likely N-dealkylation sites (N-methyl/N-ethyl adjacent to an activating group) is 1. The van der Waals surface area contributed by atoms with E-state index in [0.29, 0.717) is 28.8 Å². The quantitative estimate of drug-likeness (QED) is 0.397. The first kappa shape index (κ1) is 23.6. The molecule has 0 saturated heterocycles. The number of rotatable bonds is 9. The number of hydrogen-bond donors (Lipinski definition) is 1. The number of hydrogen-bond acceptors (Lipinski definition) is 4. The number of benzene rings is 3. The molecule has 174 valence electrons. The smallest absolute Gasteiger partial charge is 0.315 e. The third-order valence-electron chi connectivity index (χ3n) is 6.86. The number of ether oxygens (including phenoxy) is 1. The van der Waals surface area contributed by atoms with E-state index in [1.54, 1.807) is 60.7 Å². The molecule has 4 rings (SSSR count). The molecule has 1 N–H and O–H groups in total. The van der Waals surface area contributed by atoms with Crippen molar-refractivity contribution in [3.8, 4) is 0 Å². The first-order valence-electron chi connectivity index (χ1n) is 11.8. The van der Waals surface area contributed by atoms with Gasteiger partial charge in [-0.05, 0) is 25.0 Å². The van der Waals surface area contributed by atoms with Crippen LogP contribution in [0.15, 0.2) is 84.9 Å². The Hall–Kier alpha value is -3.57. The number of carbonyl (C=O) groups is 3. The average Bonchev–Trinajstić information content (AvgIpc) is 3.11. The molecule has 1 aliphatic carbocycles. The Bertz CT molecular complexity index is 1130. The molecular weight excluding hydrogens is 426 g/mol. The van der Waals surface area contributed by atoms with E-state index in [0.717, 1.165) is 13.1 Å². The van der Waals surface area contributed by atoms with Gasteiger partial charge in [-0.15, -0.1) is 0 Å². The fourth-order valence-electron chi connectivity index (χ4n) is 4.99. The Morgan fingerprint density at radius 2 is 1.29 bits per heavy atom. The molecule has 0 spiro atoms. The minimum absolute atomic E-state index is 0.222. The van der Waals surface area contributed by atoms with Crippen LogP contribution in [0.3, 0.4) is 0 Å². The zero-order valence-electron chi connectivity index (χ0n) is 19.6. The predicted molar refractivity (Wildman–Crippen MR) is 130 cm³/mol. The van der Waals surface area contributed by atoms with E-state index in [4.69, 9.17) is 4.74 Å². The fourth-order valence-corrected chi connectivity index (χ4v) is 4.99. The topological polar surface area (TPSA) is 64.9 Å². The van der Waals surface area contributed by atoms with E-state index in [1.165, 1.54) is 4.90 Å². The van der Waals surface area contributed by atoms with Crippen molar-refractivity contribution in [1.82, 2.24) is 0 Å². The molecule has 0 heterocycles. The van der Waals surface area contributed by atoms with Gasteiger partial charge in [-0.1, -0.05) is 84.9 Å². The van der Waals surface area contributed by atoms with Gasteiger partial charge in [-0.2, -0.15) is 0 Å². The van der Waals surface area contributed by atoms with Gasteiger partial charge in [0.1, 0.15) is 24.5 Å². The Balaban J connectivity index is 1.85. The first-order chi connectivity index (χ1) is 16.6. The number of ketones is 2. The van der Waals surface area contributed by atoms with Gasteiger partial charge in [0, 0.05) is 11.1 Å². The van der Waals surface area contributed by atoms with Gasteiger partial charge >= 0.3 is 5.97 Å². The molecular formula is C29H30NO4+. The standard InChI is InChI=1S/C29H29NO4/c1-3-30(4-2)19-20-34-28(33)25(21-13-7-5-8-14-21)29(22-15-9-6-10-16-22)26(31)23-17-11-12-18-24(23)27(29)32/h5-18,25H,3-4,19-20H2,1-2H3/p+1. The van der Waals surface area contributed by atoms with Gasteiger partial charge < -0.3 is 9.64 Å². The first-order valence-corrected chi connectivity index (χ1v) is 11.8. The summed E-state index contributed by atoms with van der Waals surface area (Å²) in [6.07, 6.45) is 0. The number of nitrogens with one attached hydrogen (secondary N) is 1. The number of quaternary nitrogens is 1. The number of carbonyl (C=O) groups excluding carboxylic acids is 3. The summed E-state index contributed by atoms with van der Waals surface area (Å²) in [7, 11) is 0. The molecule has 0 aliphatic heterocycles. The molecule has 0 radical (unpaired) electrons. The summed E-state index contributed by atoms with van der Waals surface area (Å²) < 4.78 is 5.78. The molecule has 1 atom stereocenters. The summed E-state index contributed by atoms with van der Waals surface area (Å²) in [5, 5.41) is 0. The Morgan fingerprint density at radius 3 is 1.82 bits per heavy atom. The monoisotopic (exact) mass is 456 g/mol. The number of Topliss-reactive ketones (excluding diaryl/α,β-unsaturated/α-hetero) is 2. The van der Waals surface area contributed by atoms with Crippen LogP contribution >= 0.6 is 0 Å². The van der Waals surface area contributed by atoms with Crippen molar-refractivity contribution in [1.29, 1.82) is 0 Å². The van der Waals surface area contributed by atoms with Crippen LogP contribution in [-0.4, -0.2) is 43.8 Å². The third-order valence-corrected chi connectivity index (χ3v) is 6.86. The second-order valence-corrected chi connectivity index (χ2v) is 8.60. The van der Waals surface area contributed by atoms with E-state index in [-0.39, 0.29) is 18.2 Å². The zero-order chi connectivity index (χ0) is 24.1. The van der Waals surface area contributed by atoms with Crippen molar-refractivity contribution >= 4 is 17.5 Å². The van der Waals surface area contributed by atoms with E-state index >= 15 is 0 Å². The van der Waals surface area contributed by atoms with Gasteiger partial charge in [-0.3, -0.25) is 14.4 Å². The largest absolute Gasteiger partial charge is 0.459 e. The lowest BCUT2D eigenvalue weighted by Gasteiger charge is -2.34. The highest BCUT2D eigenvalue weighted by Gasteiger charge is 2.61. The molecule has 0 fully saturated rings. The van der Waals surface area contributed by atoms with Crippen molar-refractivity contribution in [2.24, 2.45) is 0 Å². The minimum atomic E-state index is -1.72. The van der Waals surface area contributed by atoms with E-state index in [2.05, 4.69) is 13.8 Å². The Labute approximate surface area is 200 Å². The second-order valence-electron chi connectivity index (χ2n) is 8.60. The molecule has 0 aromatic heterocycles. The van der Waals surface area contributed by atoms with Crippen LogP contribution in [0.5, 0.6) is 0 Å². The fraction of sp³-hybridized carbons (Fsp3) is 0.276. The summed E-state index contributed by atoms with van der Waals surface area (Å²) in [4.78, 5) is 43.3. The highest BCUT2D eigenvalue weighted by Crippen LogP contribution is 2.49. The van der Waals surface area contributed by atoms with Crippen molar-refractivity contribution in [3.63, 3.8) is 0 Å². The van der Waals surface area contributed by atoms with Crippen LogP contribution in [0, 0.1) is 0 Å². The zero-order valence-corrected chi connectivity index (χ0v) is 19.6. The van der Waals surface area contributed by atoms with Crippen LogP contribution in [0.25, 0.3) is 0 Å².